The summed E-state index contributed by atoms with van der Waals surface area (Å²) in [5.41, 5.74) is 0. The predicted molar refractivity (Wildman–Crippen MR) is 93.2 cm³/mol. The zero-order chi connectivity index (χ0) is 16.5. The Morgan fingerprint density at radius 1 is 1.00 bits per heavy atom. The summed E-state index contributed by atoms with van der Waals surface area (Å²) in [6.07, 6.45) is 20.6. The predicted octanol–water partition coefficient (Wildman–Crippen LogP) is 5.51. The first kappa shape index (κ1) is 20.9. The van der Waals surface area contributed by atoms with Crippen LogP contribution >= 0.6 is 0 Å². The van der Waals surface area contributed by atoms with Crippen LogP contribution in [0, 0.1) is 0 Å². The highest BCUT2D eigenvalue weighted by Crippen LogP contribution is 2.14. The summed E-state index contributed by atoms with van der Waals surface area (Å²) >= 11 is 0. The Labute approximate surface area is 136 Å². The smallest absolute Gasteiger partial charge is 0.328 e. The van der Waals surface area contributed by atoms with Crippen LogP contribution in [0.3, 0.4) is 0 Å². The van der Waals surface area contributed by atoms with E-state index in [4.69, 9.17) is 9.84 Å². The van der Waals surface area contributed by atoms with Gasteiger partial charge in [0.15, 0.2) is 0 Å². The average molecular weight is 310 g/mol. The van der Waals surface area contributed by atoms with E-state index in [0.717, 1.165) is 31.8 Å². The second-order valence-corrected chi connectivity index (χ2v) is 5.82. The highest BCUT2D eigenvalue weighted by Gasteiger charge is 2.05. The minimum atomic E-state index is -0.904. The fourth-order valence-electron chi connectivity index (χ4n) is 2.49. The lowest BCUT2D eigenvalue weighted by Gasteiger charge is -2.14. The Morgan fingerprint density at radius 3 is 2.27 bits per heavy atom. The van der Waals surface area contributed by atoms with Crippen LogP contribution in [0.4, 0.5) is 0 Å². The molecule has 3 heteroatoms. The highest BCUT2D eigenvalue weighted by molar-refractivity contribution is 5.80. The minimum Gasteiger partial charge on any atom is -0.478 e. The van der Waals surface area contributed by atoms with Crippen molar-refractivity contribution in [3.8, 4) is 0 Å². The van der Waals surface area contributed by atoms with E-state index in [1.807, 2.05) is 6.08 Å². The minimum absolute atomic E-state index is 0.374. The zero-order valence-electron chi connectivity index (χ0n) is 14.4. The summed E-state index contributed by atoms with van der Waals surface area (Å²) in [7, 11) is 1.80. The van der Waals surface area contributed by atoms with E-state index in [0.29, 0.717) is 6.10 Å². The number of ether oxygens (including phenoxy) is 1. The first-order valence-electron chi connectivity index (χ1n) is 8.79. The molecule has 128 valence electrons. The van der Waals surface area contributed by atoms with Gasteiger partial charge in [0.1, 0.15) is 0 Å². The van der Waals surface area contributed by atoms with E-state index in [1.165, 1.54) is 44.9 Å². The molecule has 0 spiro atoms. The second kappa shape index (κ2) is 16.3. The molecule has 0 saturated carbocycles. The summed E-state index contributed by atoms with van der Waals surface area (Å²) in [5.74, 6) is -0.904. The van der Waals surface area contributed by atoms with E-state index in [9.17, 15) is 4.79 Å². The number of carboxylic acids is 1. The molecule has 22 heavy (non-hydrogen) atoms. The lowest BCUT2D eigenvalue weighted by atomic mass is 10.0. The van der Waals surface area contributed by atoms with Gasteiger partial charge < -0.3 is 9.84 Å². The first-order valence-corrected chi connectivity index (χ1v) is 8.79. The third kappa shape index (κ3) is 15.3. The summed E-state index contributed by atoms with van der Waals surface area (Å²) in [6, 6.07) is 0. The molecule has 0 bridgehead atoms. The van der Waals surface area contributed by atoms with Crippen molar-refractivity contribution in [2.75, 3.05) is 7.11 Å². The number of aliphatic carboxylic acids is 1. The average Bonchev–Trinajstić information content (AvgIpc) is 2.50. The lowest BCUT2D eigenvalue weighted by Crippen LogP contribution is -2.10. The van der Waals surface area contributed by atoms with Crippen molar-refractivity contribution < 1.29 is 14.6 Å². The fraction of sp³-hybridized carbons (Fsp3) is 0.737. The number of methoxy groups -OCH3 is 1. The monoisotopic (exact) mass is 310 g/mol. The van der Waals surface area contributed by atoms with Crippen molar-refractivity contribution in [3.63, 3.8) is 0 Å². The fourth-order valence-corrected chi connectivity index (χ4v) is 2.49. The molecule has 0 aromatic heterocycles. The molecule has 0 aliphatic heterocycles. The Hall–Kier alpha value is -1.09. The van der Waals surface area contributed by atoms with Crippen LogP contribution in [-0.4, -0.2) is 24.3 Å². The van der Waals surface area contributed by atoms with Crippen molar-refractivity contribution in [3.05, 3.63) is 24.3 Å². The van der Waals surface area contributed by atoms with Gasteiger partial charge in [-0.2, -0.15) is 0 Å². The van der Waals surface area contributed by atoms with Crippen LogP contribution in [0.1, 0.15) is 77.6 Å². The van der Waals surface area contributed by atoms with Crippen LogP contribution in [0.2, 0.25) is 0 Å². The summed E-state index contributed by atoms with van der Waals surface area (Å²) in [6.45, 7) is 2.25. The third-order valence-corrected chi connectivity index (χ3v) is 3.85. The van der Waals surface area contributed by atoms with E-state index in [-0.39, 0.29) is 0 Å². The number of rotatable bonds is 15. The molecule has 0 radical (unpaired) electrons. The summed E-state index contributed by atoms with van der Waals surface area (Å²) in [5, 5.41) is 8.45. The standard InChI is InChI=1S/C19H34O3/c1-3-4-5-6-7-9-12-15-18(22-2)16-13-10-8-11-14-17-19(20)21/h8,11,14,17-18H,3-7,9-10,12-13,15-16H2,1-2H3,(H,20,21)/b11-8+,17-14+/t18-/m1/s1. The Kier molecular flexibility index (Phi) is 15.5. The molecule has 0 saturated heterocycles. The second-order valence-electron chi connectivity index (χ2n) is 5.82. The van der Waals surface area contributed by atoms with Gasteiger partial charge in [0.05, 0.1) is 6.10 Å². The maximum Gasteiger partial charge on any atom is 0.328 e. The van der Waals surface area contributed by atoms with Gasteiger partial charge in [0.25, 0.3) is 0 Å². The summed E-state index contributed by atoms with van der Waals surface area (Å²) < 4.78 is 5.54. The van der Waals surface area contributed by atoms with Gasteiger partial charge in [0.2, 0.25) is 0 Å². The molecule has 0 heterocycles. The van der Waals surface area contributed by atoms with Gasteiger partial charge in [-0.25, -0.2) is 4.79 Å². The van der Waals surface area contributed by atoms with Crippen LogP contribution in [0.15, 0.2) is 24.3 Å². The molecule has 0 amide bonds. The molecule has 0 aromatic carbocycles. The number of carbonyl (C=O) groups is 1. The normalized spacial score (nSPS) is 13.2. The number of hydrogen-bond donors (Lipinski definition) is 1. The van der Waals surface area contributed by atoms with Crippen LogP contribution in [-0.2, 0) is 9.53 Å². The molecular weight excluding hydrogens is 276 g/mol. The van der Waals surface area contributed by atoms with Gasteiger partial charge in [-0.05, 0) is 25.7 Å². The van der Waals surface area contributed by atoms with E-state index in [2.05, 4.69) is 6.92 Å². The quantitative estimate of drug-likeness (QED) is 0.246. The van der Waals surface area contributed by atoms with E-state index in [1.54, 1.807) is 19.3 Å². The van der Waals surface area contributed by atoms with Gasteiger partial charge in [-0.3, -0.25) is 0 Å². The molecule has 0 fully saturated rings. The number of carboxylic acid groups (broad SMARTS) is 1. The van der Waals surface area contributed by atoms with Crippen molar-refractivity contribution in [2.45, 2.75) is 83.7 Å². The van der Waals surface area contributed by atoms with Gasteiger partial charge in [-0.15, -0.1) is 0 Å². The Morgan fingerprint density at radius 2 is 1.64 bits per heavy atom. The molecular formula is C19H34O3. The third-order valence-electron chi connectivity index (χ3n) is 3.85. The molecule has 1 N–H and O–H groups in total. The Bertz CT molecular complexity index is 308. The van der Waals surface area contributed by atoms with Crippen LogP contribution in [0.5, 0.6) is 0 Å². The first-order chi connectivity index (χ1) is 10.7. The van der Waals surface area contributed by atoms with Gasteiger partial charge >= 0.3 is 5.97 Å². The molecule has 1 atom stereocenters. The van der Waals surface area contributed by atoms with Crippen molar-refractivity contribution in [1.82, 2.24) is 0 Å². The van der Waals surface area contributed by atoms with Crippen LogP contribution < -0.4 is 0 Å². The highest BCUT2D eigenvalue weighted by atomic mass is 16.5. The zero-order valence-corrected chi connectivity index (χ0v) is 14.4. The Balaban J connectivity index is 3.52. The van der Waals surface area contributed by atoms with Gasteiger partial charge in [0, 0.05) is 13.2 Å². The topological polar surface area (TPSA) is 46.5 Å². The molecule has 0 aliphatic carbocycles. The molecule has 3 nitrogen and oxygen atoms in total. The SMILES string of the molecule is CCCCCCCCC[C@H](CCC/C=C/C=C/C(=O)O)OC. The number of hydrogen-bond acceptors (Lipinski definition) is 2. The molecule has 0 aliphatic rings. The molecule has 0 unspecified atom stereocenters. The largest absolute Gasteiger partial charge is 0.478 e. The van der Waals surface area contributed by atoms with E-state index >= 15 is 0 Å². The molecule has 0 aromatic rings. The maximum absolute atomic E-state index is 10.3. The van der Waals surface area contributed by atoms with Crippen molar-refractivity contribution in [2.24, 2.45) is 0 Å². The molecule has 0 rings (SSSR count). The van der Waals surface area contributed by atoms with E-state index < -0.39 is 5.97 Å². The van der Waals surface area contributed by atoms with Gasteiger partial charge in [-0.1, -0.05) is 70.1 Å². The lowest BCUT2D eigenvalue weighted by molar-refractivity contribution is -0.131. The van der Waals surface area contributed by atoms with Crippen molar-refractivity contribution >= 4 is 5.97 Å². The number of allylic oxidation sites excluding steroid dienone is 3. The van der Waals surface area contributed by atoms with Crippen LogP contribution in [0.25, 0.3) is 0 Å². The summed E-state index contributed by atoms with van der Waals surface area (Å²) in [4.78, 5) is 10.3. The maximum atomic E-state index is 10.3. The number of unbranched alkanes of at least 4 members (excludes halogenated alkanes) is 7. The van der Waals surface area contributed by atoms with Crippen molar-refractivity contribution in [1.29, 1.82) is 0 Å².